The number of hydrogen-bond donors (Lipinski definition) is 2. The number of carbonyl (C=O) groups is 1. The molecule has 0 bridgehead atoms. The Bertz CT molecular complexity index is 479. The number of amides is 1. The molecule has 0 aliphatic carbocycles. The molecule has 4 nitrogen and oxygen atoms in total. The molecule has 0 spiro atoms. The minimum atomic E-state index is -0.0389. The van der Waals surface area contributed by atoms with Gasteiger partial charge in [-0.15, -0.1) is 0 Å². The Morgan fingerprint density at radius 1 is 1.53 bits per heavy atom. The van der Waals surface area contributed by atoms with Crippen LogP contribution in [0.5, 0.6) is 0 Å². The summed E-state index contributed by atoms with van der Waals surface area (Å²) in [7, 11) is 1.62. The summed E-state index contributed by atoms with van der Waals surface area (Å²) in [6.45, 7) is 3.13. The summed E-state index contributed by atoms with van der Waals surface area (Å²) >= 11 is 11.1. The van der Waals surface area contributed by atoms with Crippen molar-refractivity contribution < 1.29 is 4.79 Å². The molecule has 0 fully saturated rings. The number of likely N-dealkylation sites (N-methyl/N-ethyl adjacent to an activating group) is 1. The zero-order valence-electron chi connectivity index (χ0n) is 11.1. The van der Waals surface area contributed by atoms with Gasteiger partial charge < -0.3 is 16.0 Å². The molecule has 1 amide bonds. The Hall–Kier alpha value is -1.33. The van der Waals surface area contributed by atoms with E-state index in [0.717, 1.165) is 18.7 Å². The first-order valence-corrected chi connectivity index (χ1v) is 6.83. The quantitative estimate of drug-likeness (QED) is 0.788. The fourth-order valence-electron chi connectivity index (χ4n) is 1.72. The third-order valence-corrected chi connectivity index (χ3v) is 3.22. The number of nitrogens with zero attached hydrogens (tertiary/aromatic N) is 1. The number of thiocarbonyl (C=S) groups is 1. The average molecular weight is 300 g/mol. The number of carbonyl (C=O) groups excluding carboxylic acids is 1. The van der Waals surface area contributed by atoms with Crippen LogP contribution in [0.25, 0.3) is 0 Å². The minimum Gasteiger partial charge on any atom is -0.389 e. The average Bonchev–Trinajstić information content (AvgIpc) is 2.37. The lowest BCUT2D eigenvalue weighted by molar-refractivity contribution is -0.119. The number of nitrogens with two attached hydrogens (primary N) is 1. The third-order valence-electron chi connectivity index (χ3n) is 2.69. The molecular formula is C13H18ClN3OS. The first-order valence-electron chi connectivity index (χ1n) is 6.04. The Morgan fingerprint density at radius 3 is 2.68 bits per heavy atom. The molecule has 3 N–H and O–H groups in total. The molecular weight excluding hydrogens is 282 g/mol. The molecule has 19 heavy (non-hydrogen) atoms. The smallest absolute Gasteiger partial charge is 0.239 e. The second kappa shape index (κ2) is 7.31. The summed E-state index contributed by atoms with van der Waals surface area (Å²) in [5.74, 6) is -0.0389. The lowest BCUT2D eigenvalue weighted by atomic mass is 10.2. The van der Waals surface area contributed by atoms with E-state index < -0.39 is 0 Å². The molecule has 0 heterocycles. The molecule has 104 valence electrons. The maximum atomic E-state index is 11.5. The van der Waals surface area contributed by atoms with E-state index in [1.54, 1.807) is 19.2 Å². The van der Waals surface area contributed by atoms with Gasteiger partial charge in [0, 0.05) is 24.8 Å². The van der Waals surface area contributed by atoms with Crippen LogP contribution < -0.4 is 16.0 Å². The van der Waals surface area contributed by atoms with E-state index in [-0.39, 0.29) is 10.9 Å². The Balaban J connectivity index is 2.99. The molecule has 6 heteroatoms. The van der Waals surface area contributed by atoms with Crippen LogP contribution in [0.2, 0.25) is 5.02 Å². The second-order valence-electron chi connectivity index (χ2n) is 4.12. The molecule has 1 rings (SSSR count). The lowest BCUT2D eigenvalue weighted by Gasteiger charge is -2.24. The van der Waals surface area contributed by atoms with Gasteiger partial charge in [0.2, 0.25) is 5.91 Å². The van der Waals surface area contributed by atoms with Crippen LogP contribution in [0.4, 0.5) is 5.69 Å². The number of anilines is 1. The summed E-state index contributed by atoms with van der Waals surface area (Å²) in [6, 6.07) is 5.44. The molecule has 0 radical (unpaired) electrons. The highest BCUT2D eigenvalue weighted by Gasteiger charge is 2.12. The monoisotopic (exact) mass is 299 g/mol. The Morgan fingerprint density at radius 2 is 2.21 bits per heavy atom. The van der Waals surface area contributed by atoms with Crippen molar-refractivity contribution in [3.63, 3.8) is 0 Å². The predicted octanol–water partition coefficient (Wildman–Crippen LogP) is 1.94. The van der Waals surface area contributed by atoms with Crippen LogP contribution >= 0.6 is 23.8 Å². The van der Waals surface area contributed by atoms with E-state index in [0.29, 0.717) is 17.1 Å². The molecule has 0 saturated heterocycles. The van der Waals surface area contributed by atoms with E-state index in [9.17, 15) is 4.79 Å². The van der Waals surface area contributed by atoms with Gasteiger partial charge >= 0.3 is 0 Å². The first kappa shape index (κ1) is 15.7. The number of benzene rings is 1. The number of rotatable bonds is 6. The van der Waals surface area contributed by atoms with Crippen LogP contribution in [0, 0.1) is 0 Å². The normalized spacial score (nSPS) is 10.1. The van der Waals surface area contributed by atoms with Crippen molar-refractivity contribution in [1.82, 2.24) is 5.32 Å². The summed E-state index contributed by atoms with van der Waals surface area (Å²) in [5.41, 5.74) is 7.11. The van der Waals surface area contributed by atoms with Crippen LogP contribution in [0.15, 0.2) is 18.2 Å². The maximum absolute atomic E-state index is 11.5. The van der Waals surface area contributed by atoms with Crippen molar-refractivity contribution in [3.05, 3.63) is 28.8 Å². The highest BCUT2D eigenvalue weighted by molar-refractivity contribution is 7.80. The van der Waals surface area contributed by atoms with Gasteiger partial charge in [-0.2, -0.15) is 0 Å². The third kappa shape index (κ3) is 4.36. The van der Waals surface area contributed by atoms with E-state index >= 15 is 0 Å². The molecule has 1 aromatic rings. The van der Waals surface area contributed by atoms with Crippen molar-refractivity contribution in [2.24, 2.45) is 5.73 Å². The summed E-state index contributed by atoms with van der Waals surface area (Å²) in [5, 5.41) is 3.12. The van der Waals surface area contributed by atoms with Crippen molar-refractivity contribution in [1.29, 1.82) is 0 Å². The van der Waals surface area contributed by atoms with Crippen LogP contribution in [0.1, 0.15) is 18.9 Å². The number of halogens is 1. The number of nitrogens with one attached hydrogen (secondary N) is 1. The van der Waals surface area contributed by atoms with Crippen molar-refractivity contribution >= 4 is 40.4 Å². The fourth-order valence-corrected chi connectivity index (χ4v) is 2.23. The minimum absolute atomic E-state index is 0.0389. The van der Waals surface area contributed by atoms with Gasteiger partial charge in [-0.25, -0.2) is 0 Å². The molecule has 0 aliphatic heterocycles. The van der Waals surface area contributed by atoms with E-state index in [1.165, 1.54) is 0 Å². The number of hydrogen-bond acceptors (Lipinski definition) is 3. The highest BCUT2D eigenvalue weighted by Crippen LogP contribution is 2.24. The molecule has 0 aromatic heterocycles. The molecule has 0 aliphatic rings. The van der Waals surface area contributed by atoms with Crippen LogP contribution in [-0.2, 0) is 4.79 Å². The summed E-state index contributed by atoms with van der Waals surface area (Å²) < 4.78 is 0. The SMILES string of the molecule is CCCN(CC(=O)NC)c1ccc(C(N)=S)c(Cl)c1. The predicted molar refractivity (Wildman–Crippen MR) is 83.9 cm³/mol. The van der Waals surface area contributed by atoms with Crippen LogP contribution in [-0.4, -0.2) is 31.0 Å². The molecule has 1 aromatic carbocycles. The van der Waals surface area contributed by atoms with Gasteiger partial charge in [0.1, 0.15) is 4.99 Å². The Labute approximate surface area is 123 Å². The van der Waals surface area contributed by atoms with Gasteiger partial charge in [-0.3, -0.25) is 4.79 Å². The van der Waals surface area contributed by atoms with Gasteiger partial charge in [0.25, 0.3) is 0 Å². The molecule has 0 unspecified atom stereocenters. The zero-order chi connectivity index (χ0) is 14.4. The standard InChI is InChI=1S/C13H18ClN3OS/c1-3-6-17(8-12(18)16-2)9-4-5-10(13(15)19)11(14)7-9/h4-5,7H,3,6,8H2,1-2H3,(H2,15,19)(H,16,18). The van der Waals surface area contributed by atoms with Gasteiger partial charge in [0.05, 0.1) is 11.6 Å². The fraction of sp³-hybridized carbons (Fsp3) is 0.385. The first-order chi connectivity index (χ1) is 8.99. The van der Waals surface area contributed by atoms with E-state index in [2.05, 4.69) is 12.2 Å². The maximum Gasteiger partial charge on any atom is 0.239 e. The lowest BCUT2D eigenvalue weighted by Crippen LogP contribution is -2.36. The van der Waals surface area contributed by atoms with Gasteiger partial charge in [-0.1, -0.05) is 30.7 Å². The van der Waals surface area contributed by atoms with Crippen molar-refractivity contribution in [2.75, 3.05) is 25.0 Å². The summed E-state index contributed by atoms with van der Waals surface area (Å²) in [6.07, 6.45) is 0.936. The topological polar surface area (TPSA) is 58.4 Å². The summed E-state index contributed by atoms with van der Waals surface area (Å²) in [4.78, 5) is 13.7. The van der Waals surface area contributed by atoms with E-state index in [4.69, 9.17) is 29.6 Å². The largest absolute Gasteiger partial charge is 0.389 e. The van der Waals surface area contributed by atoms with Gasteiger partial charge in [0.15, 0.2) is 0 Å². The van der Waals surface area contributed by atoms with Crippen molar-refractivity contribution in [3.8, 4) is 0 Å². The Kier molecular flexibility index (Phi) is 6.05. The second-order valence-corrected chi connectivity index (χ2v) is 4.97. The highest BCUT2D eigenvalue weighted by atomic mass is 35.5. The van der Waals surface area contributed by atoms with Crippen molar-refractivity contribution in [2.45, 2.75) is 13.3 Å². The molecule has 0 saturated carbocycles. The van der Waals surface area contributed by atoms with E-state index in [1.807, 2.05) is 11.0 Å². The van der Waals surface area contributed by atoms with Gasteiger partial charge in [-0.05, 0) is 24.6 Å². The molecule has 0 atom stereocenters. The van der Waals surface area contributed by atoms with Crippen LogP contribution in [0.3, 0.4) is 0 Å². The zero-order valence-corrected chi connectivity index (χ0v) is 12.6.